The third-order valence-electron chi connectivity index (χ3n) is 4.29. The number of carbonyl (C=O) groups is 1. The van der Waals surface area contributed by atoms with Gasteiger partial charge in [0, 0.05) is 43.8 Å². The molecule has 0 aliphatic carbocycles. The summed E-state index contributed by atoms with van der Waals surface area (Å²) in [4.78, 5) is 14.6. The Balaban J connectivity index is 1.86. The predicted octanol–water partition coefficient (Wildman–Crippen LogP) is 2.02. The molecular weight excluding hydrogens is 252 g/mol. The van der Waals surface area contributed by atoms with Crippen LogP contribution >= 0.6 is 0 Å². The van der Waals surface area contributed by atoms with Crippen molar-refractivity contribution in [3.05, 3.63) is 36.0 Å². The molecule has 3 rings (SSSR count). The molecule has 1 aromatic carbocycles. The molecule has 0 saturated carbocycles. The van der Waals surface area contributed by atoms with Crippen molar-refractivity contribution in [3.63, 3.8) is 0 Å². The number of rotatable bonds is 2. The Labute approximate surface area is 118 Å². The summed E-state index contributed by atoms with van der Waals surface area (Å²) < 4.78 is 2.00. The van der Waals surface area contributed by atoms with Crippen molar-refractivity contribution in [2.75, 3.05) is 19.7 Å². The highest BCUT2D eigenvalue weighted by Crippen LogP contribution is 2.24. The number of aromatic nitrogens is 1. The smallest absolute Gasteiger partial charge is 0.256 e. The number of fused-ring (bicyclic) bond motifs is 1. The van der Waals surface area contributed by atoms with Crippen LogP contribution in [0, 0.1) is 5.92 Å². The van der Waals surface area contributed by atoms with E-state index in [4.69, 9.17) is 0 Å². The Morgan fingerprint density at radius 3 is 2.70 bits per heavy atom. The van der Waals surface area contributed by atoms with Crippen LogP contribution in [0.4, 0.5) is 0 Å². The summed E-state index contributed by atoms with van der Waals surface area (Å²) in [6.45, 7) is 1.72. The van der Waals surface area contributed by atoms with Crippen LogP contribution in [0.5, 0.6) is 0 Å². The zero-order chi connectivity index (χ0) is 14.1. The van der Waals surface area contributed by atoms with E-state index in [2.05, 4.69) is 0 Å². The van der Waals surface area contributed by atoms with Crippen LogP contribution in [0.25, 0.3) is 10.9 Å². The minimum Gasteiger partial charge on any atom is -0.396 e. The highest BCUT2D eigenvalue weighted by molar-refractivity contribution is 6.07. The first kappa shape index (κ1) is 13.2. The van der Waals surface area contributed by atoms with Crippen LogP contribution in [-0.4, -0.2) is 40.2 Å². The summed E-state index contributed by atoms with van der Waals surface area (Å²) in [5.74, 6) is 0.463. The molecule has 0 spiro atoms. The van der Waals surface area contributed by atoms with Crippen molar-refractivity contribution < 1.29 is 9.90 Å². The van der Waals surface area contributed by atoms with Crippen molar-refractivity contribution in [1.29, 1.82) is 0 Å². The van der Waals surface area contributed by atoms with Gasteiger partial charge in [-0.3, -0.25) is 4.79 Å². The van der Waals surface area contributed by atoms with Crippen LogP contribution in [0.15, 0.2) is 30.5 Å². The van der Waals surface area contributed by atoms with E-state index in [1.165, 1.54) is 0 Å². The number of likely N-dealkylation sites (tertiary alicyclic amines) is 1. The van der Waals surface area contributed by atoms with Crippen molar-refractivity contribution in [1.82, 2.24) is 9.47 Å². The monoisotopic (exact) mass is 272 g/mol. The fraction of sp³-hybridized carbons (Fsp3) is 0.438. The second-order valence-corrected chi connectivity index (χ2v) is 5.59. The van der Waals surface area contributed by atoms with Gasteiger partial charge in [-0.15, -0.1) is 0 Å². The Hall–Kier alpha value is -1.81. The normalized spacial score (nSPS) is 16.8. The van der Waals surface area contributed by atoms with Gasteiger partial charge >= 0.3 is 0 Å². The van der Waals surface area contributed by atoms with Crippen LogP contribution < -0.4 is 0 Å². The maximum absolute atomic E-state index is 12.7. The van der Waals surface area contributed by atoms with Crippen molar-refractivity contribution in [2.24, 2.45) is 13.0 Å². The van der Waals surface area contributed by atoms with Gasteiger partial charge in [-0.2, -0.15) is 0 Å². The number of carbonyl (C=O) groups excluding carboxylic acids is 1. The molecular formula is C16H20N2O2. The van der Waals surface area contributed by atoms with E-state index < -0.39 is 0 Å². The van der Waals surface area contributed by atoms with E-state index in [0.717, 1.165) is 42.4 Å². The maximum Gasteiger partial charge on any atom is 0.256 e. The van der Waals surface area contributed by atoms with E-state index in [0.29, 0.717) is 5.92 Å². The van der Waals surface area contributed by atoms with Gasteiger partial charge in [-0.25, -0.2) is 0 Å². The number of piperidine rings is 1. The highest BCUT2D eigenvalue weighted by Gasteiger charge is 2.25. The number of aryl methyl sites for hydroxylation is 1. The zero-order valence-electron chi connectivity index (χ0n) is 11.7. The molecule has 1 saturated heterocycles. The SMILES string of the molecule is Cn1cc(C(=O)N2CCC(CO)CC2)c2ccccc21. The molecule has 0 bridgehead atoms. The largest absolute Gasteiger partial charge is 0.396 e. The number of nitrogens with zero attached hydrogens (tertiary/aromatic N) is 2. The summed E-state index contributed by atoms with van der Waals surface area (Å²) in [7, 11) is 1.97. The number of aliphatic hydroxyl groups is 1. The average Bonchev–Trinajstić information content (AvgIpc) is 2.84. The first-order valence-electron chi connectivity index (χ1n) is 7.15. The summed E-state index contributed by atoms with van der Waals surface area (Å²) in [6.07, 6.45) is 3.71. The lowest BCUT2D eigenvalue weighted by molar-refractivity contribution is 0.0652. The molecule has 0 unspecified atom stereocenters. The number of hydrogen-bond acceptors (Lipinski definition) is 2. The van der Waals surface area contributed by atoms with Gasteiger partial charge in [0.25, 0.3) is 5.91 Å². The fourth-order valence-corrected chi connectivity index (χ4v) is 3.00. The predicted molar refractivity (Wildman–Crippen MR) is 78.6 cm³/mol. The Morgan fingerprint density at radius 2 is 2.00 bits per heavy atom. The number of aliphatic hydroxyl groups excluding tert-OH is 1. The molecule has 4 heteroatoms. The number of amides is 1. The molecule has 1 amide bonds. The van der Waals surface area contributed by atoms with Crippen LogP contribution in [-0.2, 0) is 7.05 Å². The third-order valence-corrected chi connectivity index (χ3v) is 4.29. The standard InChI is InChI=1S/C16H20N2O2/c1-17-10-14(13-4-2-3-5-15(13)17)16(20)18-8-6-12(11-19)7-9-18/h2-5,10,12,19H,6-9,11H2,1H3. The van der Waals surface area contributed by atoms with E-state index in [9.17, 15) is 9.90 Å². The molecule has 106 valence electrons. The van der Waals surface area contributed by atoms with E-state index in [-0.39, 0.29) is 12.5 Å². The molecule has 1 aliphatic rings. The fourth-order valence-electron chi connectivity index (χ4n) is 3.00. The molecule has 1 aromatic heterocycles. The van der Waals surface area contributed by atoms with Crippen molar-refractivity contribution >= 4 is 16.8 Å². The average molecular weight is 272 g/mol. The first-order chi connectivity index (χ1) is 9.70. The van der Waals surface area contributed by atoms with Crippen molar-refractivity contribution in [3.8, 4) is 0 Å². The van der Waals surface area contributed by atoms with Crippen LogP contribution in [0.3, 0.4) is 0 Å². The lowest BCUT2D eigenvalue weighted by Gasteiger charge is -2.31. The molecule has 1 aliphatic heterocycles. The number of para-hydroxylation sites is 1. The van der Waals surface area contributed by atoms with Crippen molar-refractivity contribution in [2.45, 2.75) is 12.8 Å². The summed E-state index contributed by atoms with van der Waals surface area (Å²) in [5, 5.41) is 10.2. The van der Waals surface area contributed by atoms with Gasteiger partial charge < -0.3 is 14.6 Å². The second kappa shape index (κ2) is 5.29. The zero-order valence-corrected chi connectivity index (χ0v) is 11.7. The number of benzene rings is 1. The lowest BCUT2D eigenvalue weighted by Crippen LogP contribution is -2.39. The lowest BCUT2D eigenvalue weighted by atomic mass is 9.97. The molecule has 0 radical (unpaired) electrons. The quantitative estimate of drug-likeness (QED) is 0.909. The Bertz CT molecular complexity index is 624. The molecule has 2 heterocycles. The van der Waals surface area contributed by atoms with E-state index in [1.54, 1.807) is 0 Å². The Morgan fingerprint density at radius 1 is 1.30 bits per heavy atom. The van der Waals surface area contributed by atoms with Crippen LogP contribution in [0.1, 0.15) is 23.2 Å². The molecule has 4 nitrogen and oxygen atoms in total. The topological polar surface area (TPSA) is 45.5 Å². The van der Waals surface area contributed by atoms with Crippen LogP contribution in [0.2, 0.25) is 0 Å². The minimum atomic E-state index is 0.109. The molecule has 0 atom stereocenters. The summed E-state index contributed by atoms with van der Waals surface area (Å²) in [6, 6.07) is 7.99. The van der Waals surface area contributed by atoms with Gasteiger partial charge in [-0.05, 0) is 24.8 Å². The minimum absolute atomic E-state index is 0.109. The number of hydrogen-bond donors (Lipinski definition) is 1. The van der Waals surface area contributed by atoms with E-state index >= 15 is 0 Å². The summed E-state index contributed by atoms with van der Waals surface area (Å²) >= 11 is 0. The molecule has 20 heavy (non-hydrogen) atoms. The second-order valence-electron chi connectivity index (χ2n) is 5.59. The van der Waals surface area contributed by atoms with Gasteiger partial charge in [0.2, 0.25) is 0 Å². The van der Waals surface area contributed by atoms with Gasteiger partial charge in [-0.1, -0.05) is 18.2 Å². The Kier molecular flexibility index (Phi) is 3.49. The molecule has 1 fully saturated rings. The molecule has 2 aromatic rings. The maximum atomic E-state index is 12.7. The first-order valence-corrected chi connectivity index (χ1v) is 7.15. The van der Waals surface area contributed by atoms with Gasteiger partial charge in [0.1, 0.15) is 0 Å². The van der Waals surface area contributed by atoms with E-state index in [1.807, 2.05) is 47.0 Å². The summed E-state index contributed by atoms with van der Waals surface area (Å²) in [5.41, 5.74) is 1.87. The highest BCUT2D eigenvalue weighted by atomic mass is 16.3. The molecule has 1 N–H and O–H groups in total. The third kappa shape index (κ3) is 2.20. The van der Waals surface area contributed by atoms with Gasteiger partial charge in [0.15, 0.2) is 0 Å². The van der Waals surface area contributed by atoms with Gasteiger partial charge in [0.05, 0.1) is 5.56 Å².